The highest BCUT2D eigenvalue weighted by Crippen LogP contribution is 2.28. The first-order valence-electron chi connectivity index (χ1n) is 10.9. The van der Waals surface area contributed by atoms with Gasteiger partial charge >= 0.3 is 0 Å². The first kappa shape index (κ1) is 22.4. The fraction of sp³-hybridized carbons (Fsp3) is 0.435. The van der Waals surface area contributed by atoms with Gasteiger partial charge in [0.15, 0.2) is 11.5 Å². The summed E-state index contributed by atoms with van der Waals surface area (Å²) >= 11 is 0. The monoisotopic (exact) mass is 455 g/mol. The molecule has 1 aliphatic rings. The normalized spacial score (nSPS) is 16.9. The van der Waals surface area contributed by atoms with Crippen molar-refractivity contribution in [2.24, 2.45) is 5.92 Å². The maximum Gasteiger partial charge on any atom is 0.251 e. The van der Waals surface area contributed by atoms with E-state index in [4.69, 9.17) is 0 Å². The van der Waals surface area contributed by atoms with Crippen LogP contribution < -0.4 is 5.32 Å². The van der Waals surface area contributed by atoms with Crippen LogP contribution in [0.4, 0.5) is 0 Å². The Bertz CT molecular complexity index is 1260. The number of hydrogen-bond donors (Lipinski definition) is 1. The molecule has 0 aliphatic carbocycles. The van der Waals surface area contributed by atoms with Crippen LogP contribution in [0.15, 0.2) is 41.4 Å². The van der Waals surface area contributed by atoms with Crippen molar-refractivity contribution < 1.29 is 13.2 Å². The summed E-state index contributed by atoms with van der Waals surface area (Å²) in [5, 5.41) is 11.2. The van der Waals surface area contributed by atoms with Gasteiger partial charge in [-0.15, -0.1) is 10.2 Å². The van der Waals surface area contributed by atoms with Crippen molar-refractivity contribution in [2.75, 3.05) is 13.1 Å². The summed E-state index contributed by atoms with van der Waals surface area (Å²) in [6, 6.07) is 8.40. The Hall–Kier alpha value is -2.78. The zero-order chi connectivity index (χ0) is 23.0. The van der Waals surface area contributed by atoms with Crippen molar-refractivity contribution in [3.8, 4) is 0 Å². The Morgan fingerprint density at radius 2 is 1.88 bits per heavy atom. The number of hydrogen-bond acceptors (Lipinski definition) is 5. The van der Waals surface area contributed by atoms with Crippen LogP contribution in [0.3, 0.4) is 0 Å². The number of nitrogens with one attached hydrogen (secondary N) is 1. The molecule has 3 heterocycles. The van der Waals surface area contributed by atoms with E-state index >= 15 is 0 Å². The Labute approximate surface area is 188 Å². The number of benzene rings is 1. The number of carbonyl (C=O) groups is 1. The molecule has 1 N–H and O–H groups in total. The SMILES string of the molecule is Cc1cc(C(=O)NC(C)c2nnc3ccccn23)cc(S(=O)(=O)N2CCC(C)CC2)c1C. The summed E-state index contributed by atoms with van der Waals surface area (Å²) in [5.74, 6) is 0.779. The van der Waals surface area contributed by atoms with E-state index in [0.717, 1.165) is 18.4 Å². The Balaban J connectivity index is 1.61. The standard InChI is InChI=1S/C23H29N5O3S/c1-15-8-11-27(12-9-15)32(30,31)20-14-19(13-16(2)17(20)3)23(29)24-18(4)22-26-25-21-7-5-6-10-28(21)22/h5-7,10,13-15,18H,8-9,11-12H2,1-4H3,(H,24,29). The van der Waals surface area contributed by atoms with Gasteiger partial charge < -0.3 is 5.32 Å². The van der Waals surface area contributed by atoms with E-state index in [1.807, 2.05) is 42.6 Å². The highest BCUT2D eigenvalue weighted by molar-refractivity contribution is 7.89. The van der Waals surface area contributed by atoms with Gasteiger partial charge in [-0.1, -0.05) is 13.0 Å². The van der Waals surface area contributed by atoms with Gasteiger partial charge in [0.1, 0.15) is 0 Å². The minimum atomic E-state index is -3.67. The van der Waals surface area contributed by atoms with Crippen molar-refractivity contribution in [1.82, 2.24) is 24.2 Å². The van der Waals surface area contributed by atoms with Crippen LogP contribution in [0.25, 0.3) is 5.65 Å². The second-order valence-corrected chi connectivity index (χ2v) is 10.6. The number of rotatable bonds is 5. The van der Waals surface area contributed by atoms with Gasteiger partial charge in [-0.05, 0) is 74.9 Å². The van der Waals surface area contributed by atoms with E-state index in [2.05, 4.69) is 22.4 Å². The van der Waals surface area contributed by atoms with Gasteiger partial charge in [-0.2, -0.15) is 4.31 Å². The summed E-state index contributed by atoms with van der Waals surface area (Å²) in [5.41, 5.74) is 2.45. The highest BCUT2D eigenvalue weighted by atomic mass is 32.2. The topological polar surface area (TPSA) is 96.7 Å². The molecular weight excluding hydrogens is 426 g/mol. The van der Waals surface area contributed by atoms with Crippen LogP contribution in [0.2, 0.25) is 0 Å². The van der Waals surface area contributed by atoms with Crippen molar-refractivity contribution in [3.63, 3.8) is 0 Å². The number of aryl methyl sites for hydroxylation is 1. The number of fused-ring (bicyclic) bond motifs is 1. The fourth-order valence-corrected chi connectivity index (χ4v) is 5.88. The van der Waals surface area contributed by atoms with Gasteiger partial charge in [0, 0.05) is 24.8 Å². The van der Waals surface area contributed by atoms with Crippen molar-refractivity contribution in [2.45, 2.75) is 51.5 Å². The van der Waals surface area contributed by atoms with Crippen LogP contribution >= 0.6 is 0 Å². The molecule has 1 atom stereocenters. The van der Waals surface area contributed by atoms with Gasteiger partial charge in [0.05, 0.1) is 10.9 Å². The first-order chi connectivity index (χ1) is 15.2. The lowest BCUT2D eigenvalue weighted by molar-refractivity contribution is 0.0937. The van der Waals surface area contributed by atoms with E-state index < -0.39 is 16.1 Å². The molecule has 2 aromatic heterocycles. The van der Waals surface area contributed by atoms with Crippen LogP contribution in [0, 0.1) is 19.8 Å². The number of carbonyl (C=O) groups excluding carboxylic acids is 1. The molecule has 32 heavy (non-hydrogen) atoms. The third-order valence-electron chi connectivity index (χ3n) is 6.32. The van der Waals surface area contributed by atoms with Gasteiger partial charge in [-0.25, -0.2) is 8.42 Å². The molecule has 1 aromatic carbocycles. The van der Waals surface area contributed by atoms with Gasteiger partial charge in [-0.3, -0.25) is 9.20 Å². The van der Waals surface area contributed by atoms with Crippen molar-refractivity contribution in [1.29, 1.82) is 0 Å². The molecule has 0 bridgehead atoms. The van der Waals surface area contributed by atoms with Crippen molar-refractivity contribution in [3.05, 3.63) is 59.0 Å². The van der Waals surface area contributed by atoms with Crippen LogP contribution in [-0.4, -0.2) is 46.3 Å². The van der Waals surface area contributed by atoms with Crippen LogP contribution in [0.5, 0.6) is 0 Å². The predicted molar refractivity (Wildman–Crippen MR) is 122 cm³/mol. The van der Waals surface area contributed by atoms with E-state index in [1.165, 1.54) is 6.07 Å². The molecule has 1 unspecified atom stereocenters. The summed E-state index contributed by atoms with van der Waals surface area (Å²) in [7, 11) is -3.67. The third-order valence-corrected chi connectivity index (χ3v) is 8.34. The Morgan fingerprint density at radius 1 is 1.16 bits per heavy atom. The molecule has 170 valence electrons. The average molecular weight is 456 g/mol. The zero-order valence-corrected chi connectivity index (χ0v) is 19.7. The Morgan fingerprint density at radius 3 is 2.59 bits per heavy atom. The van der Waals surface area contributed by atoms with Gasteiger partial charge in [0.25, 0.3) is 5.91 Å². The third kappa shape index (κ3) is 4.14. The molecule has 1 aliphatic heterocycles. The molecule has 1 saturated heterocycles. The highest BCUT2D eigenvalue weighted by Gasteiger charge is 2.30. The summed E-state index contributed by atoms with van der Waals surface area (Å²) < 4.78 is 30.1. The number of pyridine rings is 1. The number of nitrogens with zero attached hydrogens (tertiary/aromatic N) is 4. The molecule has 4 rings (SSSR count). The van der Waals surface area contributed by atoms with Gasteiger partial charge in [0.2, 0.25) is 10.0 Å². The van der Waals surface area contributed by atoms with E-state index in [1.54, 1.807) is 17.3 Å². The molecule has 1 amide bonds. The summed E-state index contributed by atoms with van der Waals surface area (Å²) in [6.07, 6.45) is 3.54. The summed E-state index contributed by atoms with van der Waals surface area (Å²) in [4.78, 5) is 13.3. The number of piperidine rings is 1. The number of sulfonamides is 1. The predicted octanol–water partition coefficient (Wildman–Crippen LogP) is 3.26. The molecule has 0 radical (unpaired) electrons. The minimum Gasteiger partial charge on any atom is -0.342 e. The molecule has 3 aromatic rings. The summed E-state index contributed by atoms with van der Waals surface area (Å²) in [6.45, 7) is 8.62. The maximum absolute atomic E-state index is 13.4. The lowest BCUT2D eigenvalue weighted by atomic mass is 10.0. The number of aromatic nitrogens is 3. The van der Waals surface area contributed by atoms with E-state index in [-0.39, 0.29) is 10.8 Å². The molecule has 0 spiro atoms. The van der Waals surface area contributed by atoms with Crippen LogP contribution in [-0.2, 0) is 10.0 Å². The van der Waals surface area contributed by atoms with Crippen molar-refractivity contribution >= 4 is 21.6 Å². The lowest BCUT2D eigenvalue weighted by Gasteiger charge is -2.30. The first-order valence-corrected chi connectivity index (χ1v) is 12.3. The molecule has 0 saturated carbocycles. The van der Waals surface area contributed by atoms with Crippen LogP contribution in [0.1, 0.15) is 60.0 Å². The molecule has 9 heteroatoms. The zero-order valence-electron chi connectivity index (χ0n) is 18.9. The maximum atomic E-state index is 13.4. The largest absolute Gasteiger partial charge is 0.342 e. The molecule has 8 nitrogen and oxygen atoms in total. The average Bonchev–Trinajstić information content (AvgIpc) is 3.20. The smallest absolute Gasteiger partial charge is 0.251 e. The molecular formula is C23H29N5O3S. The van der Waals surface area contributed by atoms with E-state index in [9.17, 15) is 13.2 Å². The quantitative estimate of drug-likeness (QED) is 0.637. The molecule has 1 fully saturated rings. The second kappa shape index (κ2) is 8.63. The lowest BCUT2D eigenvalue weighted by Crippen LogP contribution is -2.38. The Kier molecular flexibility index (Phi) is 6.05. The van der Waals surface area contributed by atoms with E-state index in [0.29, 0.717) is 41.6 Å². The minimum absolute atomic E-state index is 0.206. The second-order valence-electron chi connectivity index (χ2n) is 8.69. The number of amides is 1. The fourth-order valence-electron chi connectivity index (χ4n) is 4.09.